The minimum absolute atomic E-state index is 0.358. The number of benzene rings is 1. The first-order chi connectivity index (χ1) is 9.72. The summed E-state index contributed by atoms with van der Waals surface area (Å²) in [6.45, 7) is 2.95. The van der Waals surface area contributed by atoms with Crippen LogP contribution in [0.2, 0.25) is 0 Å². The summed E-state index contributed by atoms with van der Waals surface area (Å²) in [4.78, 5) is 0. The van der Waals surface area contributed by atoms with Crippen LogP contribution in [0.1, 0.15) is 18.2 Å². The van der Waals surface area contributed by atoms with Crippen LogP contribution in [0.3, 0.4) is 0 Å². The molecule has 1 unspecified atom stereocenters. The molecule has 2 rings (SSSR count). The quantitative estimate of drug-likeness (QED) is 0.813. The smallest absolute Gasteiger partial charge is 0.160 e. The Morgan fingerprint density at radius 1 is 1.20 bits per heavy atom. The van der Waals surface area contributed by atoms with Gasteiger partial charge in [-0.25, -0.2) is 0 Å². The lowest BCUT2D eigenvalue weighted by atomic mass is 10.1. The molecule has 2 N–H and O–H groups in total. The number of nitrogens with one attached hydrogen (secondary N) is 2. The Morgan fingerprint density at radius 2 is 2.00 bits per heavy atom. The van der Waals surface area contributed by atoms with Gasteiger partial charge >= 0.3 is 0 Å². The molecule has 0 spiro atoms. The van der Waals surface area contributed by atoms with Gasteiger partial charge in [-0.05, 0) is 37.1 Å². The molecule has 0 aliphatic carbocycles. The maximum Gasteiger partial charge on any atom is 0.160 e. The normalized spacial score (nSPS) is 12.2. The predicted octanol–water partition coefficient (Wildman–Crippen LogP) is 2.15. The first kappa shape index (κ1) is 14.4. The highest BCUT2D eigenvalue weighted by Crippen LogP contribution is 2.27. The third kappa shape index (κ3) is 3.74. The lowest BCUT2D eigenvalue weighted by Gasteiger charge is -2.15. The molecule has 1 aromatic carbocycles. The summed E-state index contributed by atoms with van der Waals surface area (Å²) in [5, 5.41) is 10.3. The monoisotopic (exact) mass is 275 g/mol. The molecule has 2 aromatic rings. The van der Waals surface area contributed by atoms with E-state index >= 15 is 0 Å². The average molecular weight is 275 g/mol. The van der Waals surface area contributed by atoms with Crippen LogP contribution in [0.25, 0.3) is 0 Å². The van der Waals surface area contributed by atoms with Crippen LogP contribution in [0.4, 0.5) is 0 Å². The molecule has 0 bridgehead atoms. The van der Waals surface area contributed by atoms with Crippen molar-refractivity contribution in [2.75, 3.05) is 14.2 Å². The van der Waals surface area contributed by atoms with Crippen molar-refractivity contribution >= 4 is 0 Å². The topological polar surface area (TPSA) is 59.2 Å². The number of methoxy groups -OCH3 is 2. The summed E-state index contributed by atoms with van der Waals surface area (Å²) in [5.74, 6) is 1.53. The summed E-state index contributed by atoms with van der Waals surface area (Å²) >= 11 is 0. The number of hydrogen-bond donors (Lipinski definition) is 2. The molecular weight excluding hydrogens is 254 g/mol. The van der Waals surface area contributed by atoms with E-state index in [9.17, 15) is 0 Å². The Morgan fingerprint density at radius 3 is 2.65 bits per heavy atom. The number of hydrogen-bond acceptors (Lipinski definition) is 4. The zero-order valence-electron chi connectivity index (χ0n) is 12.1. The lowest BCUT2D eigenvalue weighted by Crippen LogP contribution is -2.27. The van der Waals surface area contributed by atoms with Gasteiger partial charge < -0.3 is 14.8 Å². The van der Waals surface area contributed by atoms with Gasteiger partial charge in [-0.3, -0.25) is 5.10 Å². The molecule has 0 aliphatic rings. The van der Waals surface area contributed by atoms with E-state index in [1.54, 1.807) is 20.4 Å². The van der Waals surface area contributed by atoms with Crippen molar-refractivity contribution in [3.63, 3.8) is 0 Å². The molecular formula is C15H21N3O2. The van der Waals surface area contributed by atoms with Crippen molar-refractivity contribution in [3.8, 4) is 11.5 Å². The zero-order valence-corrected chi connectivity index (χ0v) is 12.1. The zero-order chi connectivity index (χ0) is 14.4. The second-order valence-corrected chi connectivity index (χ2v) is 4.76. The summed E-state index contributed by atoms with van der Waals surface area (Å²) in [6.07, 6.45) is 2.69. The summed E-state index contributed by atoms with van der Waals surface area (Å²) in [7, 11) is 3.30. The van der Waals surface area contributed by atoms with Gasteiger partial charge in [-0.15, -0.1) is 0 Å². The van der Waals surface area contributed by atoms with E-state index < -0.39 is 0 Å². The third-order valence-electron chi connectivity index (χ3n) is 3.19. The highest BCUT2D eigenvalue weighted by molar-refractivity contribution is 5.43. The molecule has 0 amide bonds. The van der Waals surface area contributed by atoms with Crippen molar-refractivity contribution in [1.82, 2.24) is 15.5 Å². The maximum absolute atomic E-state index is 5.32. The van der Waals surface area contributed by atoms with Gasteiger partial charge in [0.1, 0.15) is 0 Å². The predicted molar refractivity (Wildman–Crippen MR) is 78.1 cm³/mol. The fraction of sp³-hybridized carbons (Fsp3) is 0.400. The Balaban J connectivity index is 1.91. The van der Waals surface area contributed by atoms with Crippen molar-refractivity contribution in [2.24, 2.45) is 0 Å². The minimum Gasteiger partial charge on any atom is -0.493 e. The van der Waals surface area contributed by atoms with Crippen LogP contribution >= 0.6 is 0 Å². The largest absolute Gasteiger partial charge is 0.493 e. The second-order valence-electron chi connectivity index (χ2n) is 4.76. The van der Waals surface area contributed by atoms with E-state index in [0.717, 1.165) is 30.2 Å². The Labute approximate surface area is 119 Å². The molecule has 0 saturated carbocycles. The lowest BCUT2D eigenvalue weighted by molar-refractivity contribution is 0.354. The molecule has 20 heavy (non-hydrogen) atoms. The first-order valence-corrected chi connectivity index (χ1v) is 6.65. The van der Waals surface area contributed by atoms with E-state index in [-0.39, 0.29) is 0 Å². The highest BCUT2D eigenvalue weighted by atomic mass is 16.5. The van der Waals surface area contributed by atoms with Crippen molar-refractivity contribution in [2.45, 2.75) is 25.9 Å². The van der Waals surface area contributed by atoms with Crippen LogP contribution in [-0.2, 0) is 13.0 Å². The van der Waals surface area contributed by atoms with Gasteiger partial charge in [-0.1, -0.05) is 6.07 Å². The van der Waals surface area contributed by atoms with Crippen molar-refractivity contribution < 1.29 is 9.47 Å². The van der Waals surface area contributed by atoms with E-state index in [0.29, 0.717) is 6.04 Å². The first-order valence-electron chi connectivity index (χ1n) is 6.65. The molecule has 1 heterocycles. The average Bonchev–Trinajstić information content (AvgIpc) is 2.98. The van der Waals surface area contributed by atoms with Crippen molar-refractivity contribution in [1.29, 1.82) is 0 Å². The number of H-pyrrole nitrogens is 1. The molecule has 5 nitrogen and oxygen atoms in total. The fourth-order valence-corrected chi connectivity index (χ4v) is 2.10. The maximum atomic E-state index is 5.32. The molecule has 108 valence electrons. The summed E-state index contributed by atoms with van der Waals surface area (Å²) < 4.78 is 10.6. The van der Waals surface area contributed by atoms with Crippen molar-refractivity contribution in [3.05, 3.63) is 41.7 Å². The highest BCUT2D eigenvalue weighted by Gasteiger charge is 2.08. The molecule has 0 fully saturated rings. The van der Waals surface area contributed by atoms with Crippen LogP contribution < -0.4 is 14.8 Å². The van der Waals surface area contributed by atoms with Gasteiger partial charge in [-0.2, -0.15) is 5.10 Å². The van der Waals surface area contributed by atoms with Gasteiger partial charge in [0, 0.05) is 24.5 Å². The SMILES string of the molecule is COc1ccc(CC(C)NCc2ccn[nH]2)cc1OC. The minimum atomic E-state index is 0.358. The van der Waals surface area contributed by atoms with Crippen LogP contribution in [0, 0.1) is 0 Å². The fourth-order valence-electron chi connectivity index (χ4n) is 2.10. The number of nitrogens with zero attached hydrogens (tertiary/aromatic N) is 1. The second kappa shape index (κ2) is 6.96. The van der Waals surface area contributed by atoms with Crippen LogP contribution in [-0.4, -0.2) is 30.5 Å². The van der Waals surface area contributed by atoms with E-state index in [4.69, 9.17) is 9.47 Å². The molecule has 0 radical (unpaired) electrons. The standard InChI is InChI=1S/C15H21N3O2/c1-11(16-10-13-6-7-17-18-13)8-12-4-5-14(19-2)15(9-12)20-3/h4-7,9,11,16H,8,10H2,1-3H3,(H,17,18). The summed E-state index contributed by atoms with van der Waals surface area (Å²) in [5.41, 5.74) is 2.30. The van der Waals surface area contributed by atoms with E-state index in [2.05, 4.69) is 28.5 Å². The molecule has 0 aliphatic heterocycles. The van der Waals surface area contributed by atoms with Crippen LogP contribution in [0.5, 0.6) is 11.5 Å². The van der Waals surface area contributed by atoms with Gasteiger partial charge in [0.25, 0.3) is 0 Å². The molecule has 5 heteroatoms. The van der Waals surface area contributed by atoms with E-state index in [1.807, 2.05) is 18.2 Å². The molecule has 0 saturated heterocycles. The number of aromatic nitrogens is 2. The van der Waals surface area contributed by atoms with Gasteiger partial charge in [0.2, 0.25) is 0 Å². The number of aromatic amines is 1. The molecule has 1 aromatic heterocycles. The van der Waals surface area contributed by atoms with E-state index in [1.165, 1.54) is 5.56 Å². The Hall–Kier alpha value is -2.01. The third-order valence-corrected chi connectivity index (χ3v) is 3.19. The molecule has 1 atom stereocenters. The Kier molecular flexibility index (Phi) is 5.01. The Bertz CT molecular complexity index is 526. The number of ether oxygens (including phenoxy) is 2. The van der Waals surface area contributed by atoms with Gasteiger partial charge in [0.05, 0.1) is 14.2 Å². The van der Waals surface area contributed by atoms with Gasteiger partial charge in [0.15, 0.2) is 11.5 Å². The summed E-state index contributed by atoms with van der Waals surface area (Å²) in [6, 6.07) is 8.35. The van der Waals surface area contributed by atoms with Crippen LogP contribution in [0.15, 0.2) is 30.5 Å². The number of rotatable bonds is 7.